The van der Waals surface area contributed by atoms with Crippen molar-refractivity contribution in [2.75, 3.05) is 11.5 Å². The van der Waals surface area contributed by atoms with Gasteiger partial charge < -0.3 is 20.8 Å². The minimum Gasteiger partial charge on any atom is -0.453 e. The fraction of sp³-hybridized carbons (Fsp3) is 0.200. The standard InChI is InChI=1S/C15H15ClN6O2/c1-2-22-9-6-4-3-5-8(9)19-10(22)7-24-15(23)11-13(17)21-14(18)12(16)20-11/h3-6H,2,7H2,1H3,(H4,17,18,21). The van der Waals surface area contributed by atoms with Crippen molar-refractivity contribution in [2.24, 2.45) is 0 Å². The van der Waals surface area contributed by atoms with Crippen LogP contribution in [0.1, 0.15) is 23.2 Å². The van der Waals surface area contributed by atoms with Crippen LogP contribution in [0.5, 0.6) is 0 Å². The molecule has 0 saturated heterocycles. The third-order valence-corrected chi connectivity index (χ3v) is 3.76. The third kappa shape index (κ3) is 2.83. The first-order valence-electron chi connectivity index (χ1n) is 7.21. The maximum absolute atomic E-state index is 12.2. The molecule has 3 rings (SSSR count). The molecule has 0 amide bonds. The molecular weight excluding hydrogens is 332 g/mol. The number of halogens is 1. The Morgan fingerprint density at radius 2 is 1.96 bits per heavy atom. The van der Waals surface area contributed by atoms with Crippen molar-refractivity contribution in [3.8, 4) is 0 Å². The van der Waals surface area contributed by atoms with E-state index in [1.54, 1.807) is 0 Å². The Labute approximate surface area is 142 Å². The Bertz CT molecular complexity index is 924. The lowest BCUT2D eigenvalue weighted by Crippen LogP contribution is -2.15. The number of benzene rings is 1. The van der Waals surface area contributed by atoms with Gasteiger partial charge in [0.2, 0.25) is 0 Å². The monoisotopic (exact) mass is 346 g/mol. The number of nitrogen functional groups attached to an aromatic ring is 2. The van der Waals surface area contributed by atoms with E-state index in [0.29, 0.717) is 12.4 Å². The molecule has 2 aromatic heterocycles. The number of aryl methyl sites for hydroxylation is 1. The predicted octanol–water partition coefficient (Wildman–Crippen LogP) is 2.02. The Morgan fingerprint density at radius 3 is 2.71 bits per heavy atom. The highest BCUT2D eigenvalue weighted by molar-refractivity contribution is 6.31. The smallest absolute Gasteiger partial charge is 0.361 e. The summed E-state index contributed by atoms with van der Waals surface area (Å²) in [6.45, 7) is 2.66. The molecule has 1 aromatic carbocycles. The van der Waals surface area contributed by atoms with E-state index in [2.05, 4.69) is 15.0 Å². The van der Waals surface area contributed by atoms with Gasteiger partial charge >= 0.3 is 5.97 Å². The molecule has 0 bridgehead atoms. The lowest BCUT2D eigenvalue weighted by atomic mass is 10.3. The molecule has 0 saturated carbocycles. The zero-order valence-electron chi connectivity index (χ0n) is 12.9. The number of nitrogens with two attached hydrogens (primary N) is 2. The van der Waals surface area contributed by atoms with Gasteiger partial charge in [0.25, 0.3) is 0 Å². The van der Waals surface area contributed by atoms with Crippen LogP contribution in [-0.2, 0) is 17.9 Å². The number of hydrogen-bond acceptors (Lipinski definition) is 7. The summed E-state index contributed by atoms with van der Waals surface area (Å²) in [5.41, 5.74) is 12.8. The largest absolute Gasteiger partial charge is 0.453 e. The van der Waals surface area contributed by atoms with Gasteiger partial charge in [-0.1, -0.05) is 23.7 Å². The first-order chi connectivity index (χ1) is 11.5. The number of rotatable bonds is 4. The fourth-order valence-corrected chi connectivity index (χ4v) is 2.51. The van der Waals surface area contributed by atoms with E-state index in [9.17, 15) is 4.79 Å². The van der Waals surface area contributed by atoms with Crippen molar-refractivity contribution in [3.63, 3.8) is 0 Å². The average Bonchev–Trinajstić information content (AvgIpc) is 2.93. The lowest BCUT2D eigenvalue weighted by molar-refractivity contribution is 0.0453. The number of carbonyl (C=O) groups excluding carboxylic acids is 1. The maximum atomic E-state index is 12.2. The van der Waals surface area contributed by atoms with Crippen LogP contribution in [0.15, 0.2) is 24.3 Å². The second-order valence-electron chi connectivity index (χ2n) is 4.97. The first kappa shape index (κ1) is 16.0. The van der Waals surface area contributed by atoms with Gasteiger partial charge in [-0.2, -0.15) is 0 Å². The highest BCUT2D eigenvalue weighted by Gasteiger charge is 2.19. The van der Waals surface area contributed by atoms with Crippen LogP contribution in [0.2, 0.25) is 5.15 Å². The number of imidazole rings is 1. The van der Waals surface area contributed by atoms with Crippen molar-refractivity contribution < 1.29 is 9.53 Å². The molecule has 0 radical (unpaired) electrons. The SMILES string of the molecule is CCn1c(COC(=O)c2nc(Cl)c(N)nc2N)nc2ccccc21. The molecule has 4 N–H and O–H groups in total. The van der Waals surface area contributed by atoms with Gasteiger partial charge in [-0.3, -0.25) is 0 Å². The van der Waals surface area contributed by atoms with Crippen LogP contribution >= 0.6 is 11.6 Å². The summed E-state index contributed by atoms with van der Waals surface area (Å²) in [7, 11) is 0. The van der Waals surface area contributed by atoms with Gasteiger partial charge in [-0.05, 0) is 19.1 Å². The predicted molar refractivity (Wildman–Crippen MR) is 90.4 cm³/mol. The molecule has 24 heavy (non-hydrogen) atoms. The number of ether oxygens (including phenoxy) is 1. The summed E-state index contributed by atoms with van der Waals surface area (Å²) in [6, 6.07) is 7.69. The van der Waals surface area contributed by atoms with Gasteiger partial charge in [0.1, 0.15) is 12.4 Å². The number of anilines is 2. The van der Waals surface area contributed by atoms with Gasteiger partial charge in [0.05, 0.1) is 11.0 Å². The Morgan fingerprint density at radius 1 is 1.21 bits per heavy atom. The summed E-state index contributed by atoms with van der Waals surface area (Å²) in [5.74, 6) is -0.291. The fourth-order valence-electron chi connectivity index (χ4n) is 2.38. The molecule has 0 atom stereocenters. The van der Waals surface area contributed by atoms with Gasteiger partial charge in [-0.25, -0.2) is 19.7 Å². The molecule has 0 aliphatic carbocycles. The summed E-state index contributed by atoms with van der Waals surface area (Å²) < 4.78 is 7.22. The number of aromatic nitrogens is 4. The number of para-hydroxylation sites is 2. The van der Waals surface area contributed by atoms with Crippen molar-refractivity contribution in [3.05, 3.63) is 40.9 Å². The number of fused-ring (bicyclic) bond motifs is 1. The summed E-state index contributed by atoms with van der Waals surface area (Å²) in [4.78, 5) is 24.2. The lowest BCUT2D eigenvalue weighted by Gasteiger charge is -2.08. The summed E-state index contributed by atoms with van der Waals surface area (Å²) in [5, 5.41) is -0.100. The van der Waals surface area contributed by atoms with Crippen molar-refractivity contribution in [1.82, 2.24) is 19.5 Å². The summed E-state index contributed by atoms with van der Waals surface area (Å²) in [6.07, 6.45) is 0. The second-order valence-corrected chi connectivity index (χ2v) is 5.33. The van der Waals surface area contributed by atoms with Crippen LogP contribution in [-0.4, -0.2) is 25.5 Å². The van der Waals surface area contributed by atoms with Crippen LogP contribution in [0.25, 0.3) is 11.0 Å². The van der Waals surface area contributed by atoms with E-state index in [1.807, 2.05) is 35.8 Å². The van der Waals surface area contributed by atoms with E-state index in [-0.39, 0.29) is 29.1 Å². The van der Waals surface area contributed by atoms with Crippen molar-refractivity contribution in [2.45, 2.75) is 20.1 Å². The zero-order valence-corrected chi connectivity index (χ0v) is 13.6. The number of esters is 1. The van der Waals surface area contributed by atoms with Gasteiger partial charge in [0, 0.05) is 6.54 Å². The van der Waals surface area contributed by atoms with Crippen LogP contribution in [0.3, 0.4) is 0 Å². The second kappa shape index (κ2) is 6.32. The van der Waals surface area contributed by atoms with E-state index in [4.69, 9.17) is 27.8 Å². The van der Waals surface area contributed by atoms with Crippen LogP contribution < -0.4 is 11.5 Å². The Balaban J connectivity index is 1.83. The number of carbonyl (C=O) groups is 1. The average molecular weight is 347 g/mol. The van der Waals surface area contributed by atoms with E-state index in [1.165, 1.54) is 0 Å². The molecule has 0 unspecified atom stereocenters. The molecular formula is C15H15ClN6O2. The van der Waals surface area contributed by atoms with E-state index < -0.39 is 5.97 Å². The Hall–Kier alpha value is -2.87. The third-order valence-electron chi connectivity index (χ3n) is 3.48. The molecule has 124 valence electrons. The van der Waals surface area contributed by atoms with Crippen LogP contribution in [0, 0.1) is 0 Å². The van der Waals surface area contributed by atoms with Crippen molar-refractivity contribution >= 4 is 40.2 Å². The Kier molecular flexibility index (Phi) is 4.22. The van der Waals surface area contributed by atoms with Crippen molar-refractivity contribution in [1.29, 1.82) is 0 Å². The highest BCUT2D eigenvalue weighted by Crippen LogP contribution is 2.20. The zero-order chi connectivity index (χ0) is 17.3. The molecule has 2 heterocycles. The summed E-state index contributed by atoms with van der Waals surface area (Å²) >= 11 is 5.77. The molecule has 3 aromatic rings. The van der Waals surface area contributed by atoms with Crippen LogP contribution in [0.4, 0.5) is 11.6 Å². The minimum absolute atomic E-state index is 0.0233. The molecule has 0 spiro atoms. The molecule has 0 aliphatic rings. The van der Waals surface area contributed by atoms with E-state index >= 15 is 0 Å². The van der Waals surface area contributed by atoms with Gasteiger partial charge in [-0.15, -0.1) is 0 Å². The quantitative estimate of drug-likeness (QED) is 0.693. The van der Waals surface area contributed by atoms with Gasteiger partial charge in [0.15, 0.2) is 22.5 Å². The highest BCUT2D eigenvalue weighted by atomic mass is 35.5. The molecule has 0 fully saturated rings. The number of nitrogens with zero attached hydrogens (tertiary/aromatic N) is 4. The number of hydrogen-bond donors (Lipinski definition) is 2. The topological polar surface area (TPSA) is 122 Å². The minimum atomic E-state index is -0.739. The normalized spacial score (nSPS) is 10.9. The molecule has 9 heteroatoms. The van der Waals surface area contributed by atoms with E-state index in [0.717, 1.165) is 11.0 Å². The maximum Gasteiger partial charge on any atom is 0.361 e. The molecule has 8 nitrogen and oxygen atoms in total. The molecule has 0 aliphatic heterocycles. The first-order valence-corrected chi connectivity index (χ1v) is 7.58.